The summed E-state index contributed by atoms with van der Waals surface area (Å²) in [6, 6.07) is 4.66. The molecule has 0 aromatic heterocycles. The highest BCUT2D eigenvalue weighted by Crippen LogP contribution is 2.71. The molecule has 3 saturated heterocycles. The highest BCUT2D eigenvalue weighted by atomic mass is 16.5. The average molecular weight is 1280 g/mol. The number of hydrogen-bond acceptors (Lipinski definition) is 3. The van der Waals surface area contributed by atoms with Crippen LogP contribution in [0.1, 0.15) is 343 Å². The van der Waals surface area contributed by atoms with Crippen molar-refractivity contribution in [2.45, 2.75) is 409 Å². The summed E-state index contributed by atoms with van der Waals surface area (Å²) in [7, 11) is 0. The Balaban J connectivity index is 0.849. The maximum atomic E-state index is 8.37. The van der Waals surface area contributed by atoms with Crippen LogP contribution < -0.4 is 0 Å². The molecule has 0 aromatic carbocycles. The standard InChI is InChI=1S/C89H153BN2O/c1-84(2,3)52-53-39-77-82-79(40-53)93-78-38-31-56(66-44-59-43-62(87(10,11)12)41-57-29-30-58-42-63(88(13,14)15)50-71(66)81(58)80(57)59)45-73(78)90(82)72-35-34-65(91-74-36-32-60(85(4,5)6)46-69(74)70-47-61(86(7,8)9)33-37-75(70)91)51-76(72)92(77)83-67(54-25-21-19-22-26-54)48-64(89(16,17)18)49-68(83)55-27-23-20-24-28-55/h53-83H,19-52H2,1-18H3/t53?,56-,57?,58?,59+,60-,61?,62-,63?,64?,65-,66+,67?,68?,69?,70?,71?,72+,73?,74?,75?,76?,77?,78+,79?,80?,81?,82+,83?/m0/s1. The largest absolute Gasteiger partial charge is 0.376 e. The second kappa shape index (κ2) is 25.4. The SMILES string of the molecule is CC(C)(C)CC1CC2O[C@@H]3CC[C@H]([C@H]4C[C@H]5C[C@@H](C(C)(C)C)CC6CCC7CC(C(C)(C)C)CC4C7C65)CC3B3[C@@H]2C(C1)N(C1C(C2CCCCC2)CC(C(C)(C)C)CC1C1CCCCC1)C1C[C@@H](N2C4CCC(C(C)(C)C)CC4C4C[C@@H](C(C)(C)C)CCC42)CC[C@@H]31. The second-order valence-electron chi connectivity index (χ2n) is 45.9. The van der Waals surface area contributed by atoms with Crippen LogP contribution in [-0.4, -0.2) is 65.0 Å². The Bertz CT molecular complexity index is 2470. The van der Waals surface area contributed by atoms with Gasteiger partial charge in [0, 0.05) is 36.3 Å². The van der Waals surface area contributed by atoms with Gasteiger partial charge in [-0.3, -0.25) is 9.80 Å². The quantitative estimate of drug-likeness (QED) is 0.247. The third-order valence-corrected chi connectivity index (χ3v) is 35.1. The first-order valence-corrected chi connectivity index (χ1v) is 43.1. The van der Waals surface area contributed by atoms with Crippen LogP contribution in [0.3, 0.4) is 0 Å². The van der Waals surface area contributed by atoms with Crippen LogP contribution in [-0.2, 0) is 4.74 Å². The second-order valence-corrected chi connectivity index (χ2v) is 45.9. The molecule has 528 valence electrons. The van der Waals surface area contributed by atoms with Crippen LogP contribution in [0.4, 0.5) is 0 Å². The molecule has 15 fully saturated rings. The zero-order chi connectivity index (χ0) is 65.4. The van der Waals surface area contributed by atoms with E-state index >= 15 is 0 Å². The Labute approximate surface area is 577 Å². The van der Waals surface area contributed by atoms with E-state index in [1.807, 2.05) is 0 Å². The first-order chi connectivity index (χ1) is 43.9. The number of hydrogen-bond donors (Lipinski definition) is 0. The number of rotatable bonds is 6. The van der Waals surface area contributed by atoms with Crippen molar-refractivity contribution in [3.63, 3.8) is 0 Å². The van der Waals surface area contributed by atoms with Crippen molar-refractivity contribution >= 4 is 6.71 Å². The highest BCUT2D eigenvalue weighted by Gasteiger charge is 2.68. The maximum absolute atomic E-state index is 8.37. The van der Waals surface area contributed by atoms with Gasteiger partial charge in [-0.2, -0.15) is 0 Å². The van der Waals surface area contributed by atoms with Gasteiger partial charge in [-0.05, 0) is 310 Å². The third-order valence-electron chi connectivity index (χ3n) is 35.1. The molecule has 0 N–H and O–H groups in total. The van der Waals surface area contributed by atoms with Gasteiger partial charge >= 0.3 is 0 Å². The monoisotopic (exact) mass is 1280 g/mol. The van der Waals surface area contributed by atoms with E-state index < -0.39 is 0 Å². The fraction of sp³-hybridized carbons (Fsp3) is 1.00. The van der Waals surface area contributed by atoms with Gasteiger partial charge in [-0.1, -0.05) is 202 Å². The van der Waals surface area contributed by atoms with Crippen LogP contribution >= 0.6 is 0 Å². The molecule has 12 saturated carbocycles. The Morgan fingerprint density at radius 1 is 0.312 bits per heavy atom. The van der Waals surface area contributed by atoms with Crippen LogP contribution in [0.25, 0.3) is 0 Å². The zero-order valence-electron chi connectivity index (χ0n) is 64.8. The lowest BCUT2D eigenvalue weighted by atomic mass is 9.19. The topological polar surface area (TPSA) is 15.7 Å². The first-order valence-electron chi connectivity index (χ1n) is 43.1. The fourth-order valence-corrected chi connectivity index (χ4v) is 30.9. The van der Waals surface area contributed by atoms with Crippen LogP contribution in [0.5, 0.6) is 0 Å². The molecule has 0 bridgehead atoms. The number of ether oxygens (including phenoxy) is 1. The molecule has 27 atom stereocenters. The maximum Gasteiger partial charge on any atom is 0.159 e. The van der Waals surface area contributed by atoms with Gasteiger partial charge in [0.2, 0.25) is 0 Å². The normalized spacial score (nSPS) is 49.0. The molecule has 3 heterocycles. The minimum atomic E-state index is 0.345. The van der Waals surface area contributed by atoms with Crippen molar-refractivity contribution in [1.29, 1.82) is 0 Å². The summed E-state index contributed by atoms with van der Waals surface area (Å²) in [5, 5.41) is 0. The van der Waals surface area contributed by atoms with Crippen LogP contribution in [0.15, 0.2) is 0 Å². The van der Waals surface area contributed by atoms with Crippen molar-refractivity contribution in [1.82, 2.24) is 9.80 Å². The summed E-state index contributed by atoms with van der Waals surface area (Å²) < 4.78 is 8.37. The number of likely N-dealkylation sites (tertiary alicyclic amines) is 1. The van der Waals surface area contributed by atoms with Crippen LogP contribution in [0.2, 0.25) is 17.5 Å². The summed E-state index contributed by atoms with van der Waals surface area (Å²) >= 11 is 0. The van der Waals surface area contributed by atoms with Gasteiger partial charge in [0.25, 0.3) is 0 Å². The van der Waals surface area contributed by atoms with Crippen molar-refractivity contribution in [3.05, 3.63) is 0 Å². The van der Waals surface area contributed by atoms with E-state index in [4.69, 9.17) is 4.74 Å². The molecule has 18 unspecified atom stereocenters. The van der Waals surface area contributed by atoms with E-state index in [2.05, 4.69) is 134 Å². The lowest BCUT2D eigenvalue weighted by Crippen LogP contribution is -2.73. The lowest BCUT2D eigenvalue weighted by molar-refractivity contribution is -0.161. The summed E-state index contributed by atoms with van der Waals surface area (Å²) in [5.41, 5.74) is 2.42. The third kappa shape index (κ3) is 12.9. The first kappa shape index (κ1) is 68.7. The Morgan fingerprint density at radius 3 is 1.35 bits per heavy atom. The van der Waals surface area contributed by atoms with Gasteiger partial charge in [0.15, 0.2) is 6.71 Å². The smallest absolute Gasteiger partial charge is 0.159 e. The van der Waals surface area contributed by atoms with Crippen molar-refractivity contribution in [3.8, 4) is 0 Å². The molecule has 3 nitrogen and oxygen atoms in total. The molecule has 93 heavy (non-hydrogen) atoms. The van der Waals surface area contributed by atoms with Crippen molar-refractivity contribution in [2.75, 3.05) is 0 Å². The molecule has 12 aliphatic carbocycles. The van der Waals surface area contributed by atoms with Gasteiger partial charge in [0.1, 0.15) is 0 Å². The molecule has 3 aliphatic heterocycles. The Kier molecular flexibility index (Phi) is 18.8. The number of nitrogens with zero attached hydrogens (tertiary/aromatic N) is 2. The summed E-state index contributed by atoms with van der Waals surface area (Å²) in [6.07, 6.45) is 52.3. The van der Waals surface area contributed by atoms with Crippen molar-refractivity contribution < 1.29 is 4.74 Å². The van der Waals surface area contributed by atoms with Gasteiger partial charge < -0.3 is 4.74 Å². The van der Waals surface area contributed by atoms with E-state index in [1.165, 1.54) is 167 Å². The molecular weight excluding hydrogens is 1120 g/mol. The fourth-order valence-electron chi connectivity index (χ4n) is 30.9. The van der Waals surface area contributed by atoms with Gasteiger partial charge in [0.05, 0.1) is 12.2 Å². The molecule has 15 rings (SSSR count). The van der Waals surface area contributed by atoms with E-state index in [1.54, 1.807) is 51.4 Å². The van der Waals surface area contributed by atoms with E-state index in [9.17, 15) is 0 Å². The van der Waals surface area contributed by atoms with Crippen LogP contribution in [0, 0.1) is 151 Å². The van der Waals surface area contributed by atoms with Crippen molar-refractivity contribution in [2.24, 2.45) is 151 Å². The Morgan fingerprint density at radius 2 is 0.806 bits per heavy atom. The molecule has 0 spiro atoms. The minimum absolute atomic E-state index is 0.345. The molecule has 15 aliphatic rings. The predicted octanol–water partition coefficient (Wildman–Crippen LogP) is 24.2. The van der Waals surface area contributed by atoms with E-state index in [0.717, 1.165) is 173 Å². The average Bonchev–Trinajstić information content (AvgIpc) is 0.791. The summed E-state index contributed by atoms with van der Waals surface area (Å²) in [6.45, 7) is 48.6. The van der Waals surface area contributed by atoms with Gasteiger partial charge in [-0.25, -0.2) is 0 Å². The van der Waals surface area contributed by atoms with Gasteiger partial charge in [-0.15, -0.1) is 0 Å². The zero-order valence-corrected chi connectivity index (χ0v) is 64.8. The molecule has 0 radical (unpaired) electrons. The Hall–Kier alpha value is -0.0551. The summed E-state index contributed by atoms with van der Waals surface area (Å²) in [5.74, 6) is 20.9. The molecule has 4 heteroatoms. The predicted molar refractivity (Wildman–Crippen MR) is 396 cm³/mol. The van der Waals surface area contributed by atoms with E-state index in [-0.39, 0.29) is 0 Å². The van der Waals surface area contributed by atoms with E-state index in [0.29, 0.717) is 50.7 Å². The minimum Gasteiger partial charge on any atom is -0.376 e. The summed E-state index contributed by atoms with van der Waals surface area (Å²) in [4.78, 5) is 7.35. The lowest BCUT2D eigenvalue weighted by Gasteiger charge is -2.69. The highest BCUT2D eigenvalue weighted by molar-refractivity contribution is 6.65. The molecular formula is C89H153BN2O. The number of fused-ring (bicyclic) bond motifs is 7. The molecule has 0 amide bonds. The molecule has 0 aromatic rings.